The summed E-state index contributed by atoms with van der Waals surface area (Å²) in [5, 5.41) is 14.0. The van der Waals surface area contributed by atoms with E-state index in [1.807, 2.05) is 99.6 Å². The molecule has 1 atom stereocenters. The van der Waals surface area contributed by atoms with E-state index in [-0.39, 0.29) is 34.4 Å². The van der Waals surface area contributed by atoms with E-state index in [9.17, 15) is 45.8 Å². The third-order valence-corrected chi connectivity index (χ3v) is 15.8. The minimum atomic E-state index is -5.84. The lowest BCUT2D eigenvalue weighted by atomic mass is 9.96. The van der Waals surface area contributed by atoms with Crippen molar-refractivity contribution in [2.24, 2.45) is 0 Å². The van der Waals surface area contributed by atoms with Crippen LogP contribution in [0.3, 0.4) is 0 Å². The second kappa shape index (κ2) is 21.4. The number of rotatable bonds is 18. The number of benzene rings is 5. The average molecular weight is 1030 g/mol. The summed E-state index contributed by atoms with van der Waals surface area (Å²) in [5.41, 5.74) is -0.0512. The molecule has 1 aliphatic rings. The first-order valence-corrected chi connectivity index (χ1v) is 26.6. The van der Waals surface area contributed by atoms with Crippen LogP contribution < -0.4 is 15.1 Å². The van der Waals surface area contributed by atoms with Gasteiger partial charge in [-0.2, -0.15) is 13.2 Å². The number of carboxylic acid groups (broad SMARTS) is 1. The summed E-state index contributed by atoms with van der Waals surface area (Å²) < 4.78 is 86.4. The highest BCUT2D eigenvalue weighted by molar-refractivity contribution is 7.99. The Bertz CT molecular complexity index is 2900. The van der Waals surface area contributed by atoms with Gasteiger partial charge in [-0.3, -0.25) is 4.52 Å². The van der Waals surface area contributed by atoms with E-state index in [1.54, 1.807) is 24.3 Å². The highest BCUT2D eigenvalue weighted by Crippen LogP contribution is 2.44. The van der Waals surface area contributed by atoms with Crippen LogP contribution in [0.25, 0.3) is 22.4 Å². The van der Waals surface area contributed by atoms with Crippen molar-refractivity contribution < 1.29 is 50.4 Å². The van der Waals surface area contributed by atoms with Crippen LogP contribution in [0, 0.1) is 6.92 Å². The van der Waals surface area contributed by atoms with Crippen LogP contribution in [-0.4, -0.2) is 83.9 Å². The van der Waals surface area contributed by atoms with E-state index >= 15 is 0 Å². The Labute approximate surface area is 406 Å². The minimum Gasteiger partial charge on any atom is -0.478 e. The number of phosphoric ester groups is 1. The topological polar surface area (TPSA) is 162 Å². The molecule has 12 nitrogen and oxygen atoms in total. The van der Waals surface area contributed by atoms with Crippen LogP contribution in [-0.2, 0) is 18.9 Å². The van der Waals surface area contributed by atoms with Crippen LogP contribution in [0.1, 0.15) is 42.4 Å². The van der Waals surface area contributed by atoms with Gasteiger partial charge in [0.15, 0.2) is 0 Å². The zero-order valence-electron chi connectivity index (χ0n) is 37.1. The predicted molar refractivity (Wildman–Crippen MR) is 264 cm³/mol. The van der Waals surface area contributed by atoms with E-state index in [0.29, 0.717) is 47.4 Å². The summed E-state index contributed by atoms with van der Waals surface area (Å²) >= 11 is 8.67. The number of halogens is 4. The van der Waals surface area contributed by atoms with Crippen molar-refractivity contribution in [2.45, 2.75) is 64.4 Å². The van der Waals surface area contributed by atoms with Crippen LogP contribution in [0.5, 0.6) is 0 Å². The average Bonchev–Trinajstić information content (AvgIpc) is 3.62. The Morgan fingerprint density at radius 3 is 2.06 bits per heavy atom. The smallest absolute Gasteiger partial charge is 0.478 e. The maximum atomic E-state index is 14.1. The van der Waals surface area contributed by atoms with E-state index in [4.69, 9.17) is 11.6 Å². The molecule has 4 N–H and O–H groups in total. The Morgan fingerprint density at radius 1 is 0.824 bits per heavy atom. The molecular formula is C48H49ClF3N4O8PS3. The number of carbonyl (C=O) groups is 1. The number of sulfone groups is 1. The van der Waals surface area contributed by atoms with Gasteiger partial charge < -0.3 is 34.6 Å². The lowest BCUT2D eigenvalue weighted by Crippen LogP contribution is -2.46. The van der Waals surface area contributed by atoms with E-state index in [0.717, 1.165) is 50.9 Å². The predicted octanol–water partition coefficient (Wildman–Crippen LogP) is 11.9. The van der Waals surface area contributed by atoms with Gasteiger partial charge in [0.2, 0.25) is 0 Å². The Hall–Kier alpha value is -4.91. The summed E-state index contributed by atoms with van der Waals surface area (Å²) in [5.74, 6) is -0.799. The Balaban J connectivity index is 1.06. The van der Waals surface area contributed by atoms with Crippen LogP contribution in [0.4, 0.5) is 30.2 Å². The molecule has 0 aliphatic carbocycles. The van der Waals surface area contributed by atoms with Crippen LogP contribution in [0.15, 0.2) is 141 Å². The van der Waals surface area contributed by atoms with E-state index < -0.39 is 46.7 Å². The SMILES string of the molecule is Cc1c(C(=O)O)c(-c2cccc(N3CCN(c4ccc(Sc5ccc(NC(CCOP(=O)(O)O)CSc6ccccc6)c(S(=O)(=O)C(F)(F)F)c5)cc4)CC3)c2)c(-c2ccc(Cl)cc2)n1C(C)C. The highest BCUT2D eigenvalue weighted by atomic mass is 35.5. The van der Waals surface area contributed by atoms with Gasteiger partial charge in [-0.05, 0) is 117 Å². The van der Waals surface area contributed by atoms with Crippen molar-refractivity contribution >= 4 is 75.8 Å². The molecule has 7 rings (SSSR count). The summed E-state index contributed by atoms with van der Waals surface area (Å²) in [6.07, 6.45) is -0.0585. The molecule has 1 aliphatic heterocycles. The molecule has 0 bridgehead atoms. The largest absolute Gasteiger partial charge is 0.501 e. The minimum absolute atomic E-state index is 0.0184. The standard InChI is InChI=1S/C48H49ClF3N4O8PS3/c1-31(2)56-32(3)44(47(57)58)45(46(56)33-12-14-35(49)15-13-33)34-8-7-9-38(28-34)55-25-23-54(24-26-55)37-16-18-40(19-17-37)67-41-20-21-42(43(29-41)68(62,63)48(50,51)52)53-36(22-27-64-65(59,60)61)30-66-39-10-5-4-6-11-39/h4-21,28-29,31,36,53H,22-27,30H2,1-3H3,(H,57,58)(H2,59,60,61). The normalized spacial score (nSPS) is 14.1. The molecule has 20 heteroatoms. The monoisotopic (exact) mass is 1030 g/mol. The summed E-state index contributed by atoms with van der Waals surface area (Å²) in [4.78, 5) is 36.5. The molecule has 1 saturated heterocycles. The van der Waals surface area contributed by atoms with E-state index in [1.165, 1.54) is 23.9 Å². The fraction of sp³-hybridized carbons (Fsp3) is 0.271. The van der Waals surface area contributed by atoms with Gasteiger partial charge in [0, 0.05) is 86.4 Å². The highest BCUT2D eigenvalue weighted by Gasteiger charge is 2.48. The zero-order chi connectivity index (χ0) is 49.0. The molecule has 0 saturated carbocycles. The number of nitrogens with one attached hydrogen (secondary N) is 1. The van der Waals surface area contributed by atoms with Crippen molar-refractivity contribution in [3.8, 4) is 22.4 Å². The lowest BCUT2D eigenvalue weighted by molar-refractivity contribution is -0.0436. The van der Waals surface area contributed by atoms with Gasteiger partial charge in [-0.1, -0.05) is 65.8 Å². The van der Waals surface area contributed by atoms with Crippen molar-refractivity contribution in [3.05, 3.63) is 138 Å². The third kappa shape index (κ3) is 12.1. The molecule has 1 aromatic heterocycles. The number of alkyl halides is 3. The number of anilines is 3. The van der Waals surface area contributed by atoms with Crippen LogP contribution in [0.2, 0.25) is 5.02 Å². The molecule has 6 aromatic rings. The quantitative estimate of drug-likeness (QED) is 0.0476. The number of nitrogens with zero attached hydrogens (tertiary/aromatic N) is 3. The van der Waals surface area contributed by atoms with Crippen molar-refractivity contribution in [2.75, 3.05) is 53.7 Å². The first-order chi connectivity index (χ1) is 32.2. The molecular weight excluding hydrogens is 980 g/mol. The molecule has 1 unspecified atom stereocenters. The molecule has 360 valence electrons. The molecule has 0 spiro atoms. The molecule has 0 radical (unpaired) electrons. The van der Waals surface area contributed by atoms with Crippen molar-refractivity contribution in [3.63, 3.8) is 0 Å². The fourth-order valence-electron chi connectivity index (χ4n) is 8.21. The van der Waals surface area contributed by atoms with Gasteiger partial charge in [0.1, 0.15) is 4.90 Å². The second-order valence-electron chi connectivity index (χ2n) is 16.3. The molecule has 2 heterocycles. The van der Waals surface area contributed by atoms with Gasteiger partial charge in [-0.15, -0.1) is 11.8 Å². The Kier molecular flexibility index (Phi) is 16.0. The zero-order valence-corrected chi connectivity index (χ0v) is 41.2. The molecule has 68 heavy (non-hydrogen) atoms. The first-order valence-electron chi connectivity index (χ1n) is 21.4. The molecule has 0 amide bonds. The number of aromatic carboxylic acids is 1. The van der Waals surface area contributed by atoms with Crippen LogP contribution >= 0.6 is 42.9 Å². The van der Waals surface area contributed by atoms with Crippen molar-refractivity contribution in [1.29, 1.82) is 0 Å². The van der Waals surface area contributed by atoms with E-state index in [2.05, 4.69) is 24.2 Å². The van der Waals surface area contributed by atoms with Gasteiger partial charge in [0.05, 0.1) is 23.6 Å². The number of carboxylic acids is 1. The fourth-order valence-corrected chi connectivity index (χ4v) is 11.5. The number of hydrogen-bond donors (Lipinski definition) is 4. The molecule has 1 fully saturated rings. The second-order valence-corrected chi connectivity index (χ2v) is 22.1. The van der Waals surface area contributed by atoms with Crippen molar-refractivity contribution in [1.82, 2.24) is 4.57 Å². The van der Waals surface area contributed by atoms with Gasteiger partial charge >= 0.3 is 19.3 Å². The first kappa shape index (κ1) is 51.0. The summed E-state index contributed by atoms with van der Waals surface area (Å²) in [6.45, 7) is 8.12. The number of aromatic nitrogens is 1. The number of hydrogen-bond acceptors (Lipinski definition) is 10. The maximum Gasteiger partial charge on any atom is 0.501 e. The maximum absolute atomic E-state index is 14.1. The van der Waals surface area contributed by atoms with Gasteiger partial charge in [0.25, 0.3) is 9.84 Å². The molecule has 5 aromatic carbocycles. The number of piperazine rings is 1. The number of phosphoric acid groups is 1. The van der Waals surface area contributed by atoms with Gasteiger partial charge in [-0.25, -0.2) is 17.8 Å². The lowest BCUT2D eigenvalue weighted by Gasteiger charge is -2.37. The number of thioether (sulfide) groups is 1. The third-order valence-electron chi connectivity index (χ3n) is 11.3. The summed E-state index contributed by atoms with van der Waals surface area (Å²) in [6, 6.07) is 34.8. The Morgan fingerprint density at radius 2 is 1.46 bits per heavy atom. The summed E-state index contributed by atoms with van der Waals surface area (Å²) in [7, 11) is -10.7.